The predicted octanol–water partition coefficient (Wildman–Crippen LogP) is 1.71. The van der Waals surface area contributed by atoms with E-state index in [1.807, 2.05) is 37.3 Å². The summed E-state index contributed by atoms with van der Waals surface area (Å²) in [7, 11) is 1.62. The van der Waals surface area contributed by atoms with Gasteiger partial charge in [-0.25, -0.2) is 4.98 Å². The molecule has 178 valence electrons. The Labute approximate surface area is 201 Å². The van der Waals surface area contributed by atoms with Crippen LogP contribution < -0.4 is 10.1 Å². The molecule has 3 aromatic rings. The number of ether oxygens (including phenoxy) is 1. The third-order valence-corrected chi connectivity index (χ3v) is 10.2. The minimum Gasteiger partial charge on any atom is -0.497 e. The number of hydrogen-bond donors (Lipinski definition) is 2. The fraction of sp³-hybridized carbons (Fsp3) is 0.500. The first kappa shape index (κ1) is 19.9. The molecule has 0 bridgehead atoms. The third-order valence-electron chi connectivity index (χ3n) is 10.2. The lowest BCUT2D eigenvalue weighted by Crippen LogP contribution is -3.10. The van der Waals surface area contributed by atoms with Gasteiger partial charge >= 0.3 is 0 Å². The van der Waals surface area contributed by atoms with Crippen molar-refractivity contribution in [3.8, 4) is 17.1 Å². The van der Waals surface area contributed by atoms with E-state index in [0.29, 0.717) is 35.5 Å². The van der Waals surface area contributed by atoms with Gasteiger partial charge in [-0.15, -0.1) is 10.2 Å². The van der Waals surface area contributed by atoms with Gasteiger partial charge in [0.25, 0.3) is 5.91 Å². The SMILES string of the molecule is COc1cccc(CNC(=O)c2cc(-c3nnn(CC45C6C7C4C4C5C6C74CO)n3)cc(C)n2)c1. The Morgan fingerprint density at radius 2 is 1.86 bits per heavy atom. The highest BCUT2D eigenvalue weighted by Gasteiger charge is 3.09. The number of amides is 1. The van der Waals surface area contributed by atoms with Gasteiger partial charge in [-0.1, -0.05) is 12.1 Å². The first-order chi connectivity index (χ1) is 17.0. The van der Waals surface area contributed by atoms with Crippen molar-refractivity contribution < 1.29 is 14.6 Å². The molecular weight excluding hydrogens is 444 g/mol. The molecule has 9 heteroatoms. The van der Waals surface area contributed by atoms with Crippen LogP contribution in [-0.2, 0) is 13.1 Å². The maximum Gasteiger partial charge on any atom is 0.270 e. The number of aryl methyl sites for hydroxylation is 1. The first-order valence-electron chi connectivity index (χ1n) is 12.3. The number of hydrogen-bond acceptors (Lipinski definition) is 7. The minimum atomic E-state index is -0.254. The molecule has 2 heterocycles. The van der Waals surface area contributed by atoms with E-state index in [1.54, 1.807) is 18.0 Å². The number of methoxy groups -OCH3 is 1. The Morgan fingerprint density at radius 3 is 2.57 bits per heavy atom. The van der Waals surface area contributed by atoms with Crippen LogP contribution in [0.1, 0.15) is 21.7 Å². The molecule has 2 aromatic heterocycles. The van der Waals surface area contributed by atoms with Crippen molar-refractivity contribution in [3.63, 3.8) is 0 Å². The monoisotopic (exact) mass is 470 g/mol. The maximum absolute atomic E-state index is 12.8. The maximum atomic E-state index is 12.8. The highest BCUT2D eigenvalue weighted by molar-refractivity contribution is 5.93. The zero-order chi connectivity index (χ0) is 23.7. The Hall–Kier alpha value is -3.33. The predicted molar refractivity (Wildman–Crippen MR) is 123 cm³/mol. The average molecular weight is 471 g/mol. The topological polar surface area (TPSA) is 115 Å². The Morgan fingerprint density at radius 1 is 1.11 bits per heavy atom. The molecule has 0 aliphatic heterocycles. The molecule has 35 heavy (non-hydrogen) atoms. The van der Waals surface area contributed by atoms with Gasteiger partial charge in [-0.05, 0) is 77.5 Å². The highest BCUT2D eigenvalue weighted by Crippen LogP contribution is 3.10. The van der Waals surface area contributed by atoms with E-state index in [0.717, 1.165) is 64.6 Å². The second-order valence-corrected chi connectivity index (χ2v) is 11.1. The van der Waals surface area contributed by atoms with Crippen molar-refractivity contribution >= 4 is 5.91 Å². The molecule has 6 fully saturated rings. The lowest BCUT2D eigenvalue weighted by Gasteiger charge is -3.11. The van der Waals surface area contributed by atoms with E-state index in [9.17, 15) is 9.90 Å². The molecule has 0 saturated heterocycles. The molecule has 9 nitrogen and oxygen atoms in total. The zero-order valence-corrected chi connectivity index (χ0v) is 19.5. The van der Waals surface area contributed by atoms with Crippen LogP contribution in [0.4, 0.5) is 0 Å². The van der Waals surface area contributed by atoms with Crippen LogP contribution in [0.2, 0.25) is 0 Å². The minimum absolute atomic E-state index is 0.254. The molecule has 0 atom stereocenters. The van der Waals surface area contributed by atoms with Gasteiger partial charge in [0.05, 0.1) is 13.7 Å². The third kappa shape index (κ3) is 2.06. The molecule has 1 aromatic carbocycles. The van der Waals surface area contributed by atoms with Crippen LogP contribution in [0, 0.1) is 53.3 Å². The summed E-state index contributed by atoms with van der Waals surface area (Å²) in [6, 6.07) is 11.2. The number of carbonyl (C=O) groups excluding carboxylic acids is 1. The van der Waals surface area contributed by atoms with Crippen LogP contribution in [-0.4, -0.2) is 49.9 Å². The van der Waals surface area contributed by atoms with Crippen LogP contribution in [0.15, 0.2) is 36.4 Å². The van der Waals surface area contributed by atoms with Gasteiger partial charge in [-0.3, -0.25) is 4.79 Å². The van der Waals surface area contributed by atoms with Crippen LogP contribution >= 0.6 is 0 Å². The molecular formula is C26H26N6O3. The summed E-state index contributed by atoms with van der Waals surface area (Å²) in [5.74, 6) is 5.60. The summed E-state index contributed by atoms with van der Waals surface area (Å²) >= 11 is 0. The first-order valence-corrected chi connectivity index (χ1v) is 12.3. The molecule has 2 N–H and O–H groups in total. The molecule has 1 amide bonds. The summed E-state index contributed by atoms with van der Waals surface area (Å²) in [5.41, 5.74) is 3.43. The van der Waals surface area contributed by atoms with Gasteiger partial charge in [0.1, 0.15) is 11.4 Å². The second-order valence-electron chi connectivity index (χ2n) is 11.1. The van der Waals surface area contributed by atoms with Gasteiger partial charge in [0.15, 0.2) is 0 Å². The smallest absolute Gasteiger partial charge is 0.270 e. The largest absolute Gasteiger partial charge is 0.497 e. The molecule has 6 aliphatic carbocycles. The molecule has 6 saturated carbocycles. The van der Waals surface area contributed by atoms with Gasteiger partial charge in [-0.2, -0.15) is 4.80 Å². The molecule has 6 aliphatic rings. The Bertz CT molecular complexity index is 1360. The van der Waals surface area contributed by atoms with E-state index < -0.39 is 0 Å². The van der Waals surface area contributed by atoms with E-state index in [1.165, 1.54) is 0 Å². The quantitative estimate of drug-likeness (QED) is 0.515. The van der Waals surface area contributed by atoms with Crippen molar-refractivity contribution in [2.24, 2.45) is 46.3 Å². The van der Waals surface area contributed by atoms with Crippen molar-refractivity contribution in [2.45, 2.75) is 20.0 Å². The van der Waals surface area contributed by atoms with Gasteiger partial charge in [0, 0.05) is 35.2 Å². The Balaban J connectivity index is 0.975. The summed E-state index contributed by atoms with van der Waals surface area (Å²) in [5, 5.41) is 26.1. The number of benzene rings is 1. The van der Waals surface area contributed by atoms with Crippen LogP contribution in [0.25, 0.3) is 11.4 Å². The van der Waals surface area contributed by atoms with Crippen molar-refractivity contribution in [1.29, 1.82) is 0 Å². The number of rotatable bonds is 8. The number of nitrogens with one attached hydrogen (secondary N) is 1. The summed E-state index contributed by atoms with van der Waals surface area (Å²) in [6.45, 7) is 3.44. The number of carbonyl (C=O) groups is 1. The molecule has 9 rings (SSSR count). The average Bonchev–Trinajstić information content (AvgIpc) is 3.36. The number of nitrogens with zero attached hydrogens (tertiary/aromatic N) is 5. The molecule has 0 unspecified atom stereocenters. The van der Waals surface area contributed by atoms with E-state index in [2.05, 4.69) is 25.7 Å². The number of aliphatic hydroxyl groups excluding tert-OH is 1. The van der Waals surface area contributed by atoms with E-state index in [4.69, 9.17) is 4.74 Å². The van der Waals surface area contributed by atoms with E-state index >= 15 is 0 Å². The second kappa shape index (κ2) is 6.26. The lowest BCUT2D eigenvalue weighted by molar-refractivity contribution is -0.663. The standard InChI is InChI=1S/C26H26N6O3/c1-12-6-14(8-16(28-12)24(34)27-9-13-4-3-5-15(7-13)35-2)23-29-31-32(30-23)10-25-17-20-18(25)22-19(25)21(17)26(20,22)11-33/h3-8,17-22,33H,9-11H2,1-2H3,(H,27,34). The molecule has 0 radical (unpaired) electrons. The Kier molecular flexibility index (Phi) is 3.56. The van der Waals surface area contributed by atoms with Gasteiger partial charge in [0.2, 0.25) is 5.82 Å². The zero-order valence-electron chi connectivity index (χ0n) is 19.5. The molecule has 0 spiro atoms. The number of tetrazole rings is 1. The summed E-state index contributed by atoms with van der Waals surface area (Å²) in [6.07, 6.45) is 0. The van der Waals surface area contributed by atoms with Crippen molar-refractivity contribution in [3.05, 3.63) is 53.3 Å². The fourth-order valence-corrected chi connectivity index (χ4v) is 9.25. The lowest BCUT2D eigenvalue weighted by atomic mass is 8.92. The summed E-state index contributed by atoms with van der Waals surface area (Å²) < 4.78 is 5.25. The van der Waals surface area contributed by atoms with Crippen molar-refractivity contribution in [1.82, 2.24) is 30.5 Å². The number of pyridine rings is 1. The normalized spacial score (nSPS) is 37.7. The highest BCUT2D eigenvalue weighted by atomic mass is 16.5. The fourth-order valence-electron chi connectivity index (χ4n) is 9.25. The summed E-state index contributed by atoms with van der Waals surface area (Å²) in [4.78, 5) is 19.0. The van der Waals surface area contributed by atoms with Crippen LogP contribution in [0.3, 0.4) is 0 Å². The van der Waals surface area contributed by atoms with Crippen molar-refractivity contribution in [2.75, 3.05) is 13.7 Å². The number of aromatic nitrogens is 5. The van der Waals surface area contributed by atoms with Gasteiger partial charge < -0.3 is 15.2 Å². The number of aliphatic hydroxyl groups is 1. The van der Waals surface area contributed by atoms with E-state index in [-0.39, 0.29) is 5.91 Å². The van der Waals surface area contributed by atoms with Crippen LogP contribution in [0.5, 0.6) is 5.75 Å².